The first-order chi connectivity index (χ1) is 8.75. The van der Waals surface area contributed by atoms with E-state index in [1.165, 1.54) is 14.8 Å². The summed E-state index contributed by atoms with van der Waals surface area (Å²) in [6, 6.07) is 16.9. The predicted octanol–water partition coefficient (Wildman–Crippen LogP) is 5.10. The summed E-state index contributed by atoms with van der Waals surface area (Å²) >= 11 is 5.86. The first-order valence-corrected chi connectivity index (χ1v) is 7.86. The first kappa shape index (κ1) is 13.9. The normalized spacial score (nSPS) is 10.3. The molecule has 94 valence electrons. The fraction of sp³-hybridized carbons (Fsp3) is 0.200. The summed E-state index contributed by atoms with van der Waals surface area (Å²) in [6.07, 6.45) is 2.27. The molecular weight excluding hydrogens is 401 g/mol. The number of hydrogen-bond donors (Lipinski definition) is 1. The van der Waals surface area contributed by atoms with E-state index in [1.54, 1.807) is 0 Å². The van der Waals surface area contributed by atoms with Crippen molar-refractivity contribution in [1.29, 1.82) is 0 Å². The minimum atomic E-state index is 1.00. The van der Waals surface area contributed by atoms with Gasteiger partial charge in [-0.1, -0.05) is 46.3 Å². The summed E-state index contributed by atoms with van der Waals surface area (Å²) in [5, 5.41) is 3.49. The zero-order valence-corrected chi connectivity index (χ0v) is 13.7. The quantitative estimate of drug-likeness (QED) is 0.529. The van der Waals surface area contributed by atoms with Gasteiger partial charge in [0, 0.05) is 20.3 Å². The largest absolute Gasteiger partial charge is 0.384 e. The van der Waals surface area contributed by atoms with Crippen molar-refractivity contribution in [2.45, 2.75) is 12.8 Å². The molecule has 0 spiro atoms. The van der Waals surface area contributed by atoms with Crippen LogP contribution >= 0.6 is 38.5 Å². The number of hydrogen-bond acceptors (Lipinski definition) is 1. The molecule has 0 aromatic heterocycles. The maximum Gasteiger partial charge on any atom is 0.0487 e. The van der Waals surface area contributed by atoms with Crippen LogP contribution in [-0.4, -0.2) is 6.54 Å². The van der Waals surface area contributed by atoms with Gasteiger partial charge in [0.05, 0.1) is 0 Å². The highest BCUT2D eigenvalue weighted by Gasteiger charge is 1.99. The monoisotopic (exact) mass is 415 g/mol. The predicted molar refractivity (Wildman–Crippen MR) is 90.1 cm³/mol. The minimum Gasteiger partial charge on any atom is -0.384 e. The molecule has 0 atom stereocenters. The Kier molecular flexibility index (Phi) is 5.50. The maximum atomic E-state index is 3.50. The average molecular weight is 416 g/mol. The molecule has 2 aromatic rings. The van der Waals surface area contributed by atoms with Crippen LogP contribution in [0.4, 0.5) is 5.69 Å². The van der Waals surface area contributed by atoms with E-state index in [0.717, 1.165) is 23.9 Å². The SMILES string of the molecule is Brc1ccc(I)c(NCCCc2ccccc2)c1. The number of benzene rings is 2. The smallest absolute Gasteiger partial charge is 0.0487 e. The molecule has 0 radical (unpaired) electrons. The number of aryl methyl sites for hydroxylation is 1. The molecule has 2 aromatic carbocycles. The third kappa shape index (κ3) is 4.28. The lowest BCUT2D eigenvalue weighted by atomic mass is 10.1. The highest BCUT2D eigenvalue weighted by molar-refractivity contribution is 14.1. The Bertz CT molecular complexity index is 499. The van der Waals surface area contributed by atoms with Crippen LogP contribution in [-0.2, 0) is 6.42 Å². The zero-order chi connectivity index (χ0) is 12.8. The van der Waals surface area contributed by atoms with Gasteiger partial charge in [0.2, 0.25) is 0 Å². The number of nitrogens with one attached hydrogen (secondary N) is 1. The Morgan fingerprint density at radius 2 is 1.83 bits per heavy atom. The molecule has 0 bridgehead atoms. The molecule has 18 heavy (non-hydrogen) atoms. The van der Waals surface area contributed by atoms with Gasteiger partial charge in [-0.2, -0.15) is 0 Å². The Hall–Kier alpha value is -0.550. The first-order valence-electron chi connectivity index (χ1n) is 5.98. The van der Waals surface area contributed by atoms with Gasteiger partial charge in [-0.25, -0.2) is 0 Å². The van der Waals surface area contributed by atoms with E-state index < -0.39 is 0 Å². The van der Waals surface area contributed by atoms with Crippen LogP contribution in [0.25, 0.3) is 0 Å². The average Bonchev–Trinajstić information content (AvgIpc) is 2.40. The summed E-state index contributed by atoms with van der Waals surface area (Å²) in [4.78, 5) is 0. The van der Waals surface area contributed by atoms with Gasteiger partial charge in [-0.05, 0) is 59.2 Å². The Morgan fingerprint density at radius 1 is 1.06 bits per heavy atom. The van der Waals surface area contributed by atoms with Crippen molar-refractivity contribution in [3.05, 3.63) is 62.1 Å². The third-order valence-corrected chi connectivity index (χ3v) is 4.16. The maximum absolute atomic E-state index is 3.50. The second kappa shape index (κ2) is 7.14. The van der Waals surface area contributed by atoms with E-state index in [-0.39, 0.29) is 0 Å². The van der Waals surface area contributed by atoms with Crippen LogP contribution in [0.2, 0.25) is 0 Å². The molecule has 0 amide bonds. The Morgan fingerprint density at radius 3 is 2.61 bits per heavy atom. The topological polar surface area (TPSA) is 12.0 Å². The molecule has 0 heterocycles. The van der Waals surface area contributed by atoms with Crippen LogP contribution in [0.15, 0.2) is 53.0 Å². The number of rotatable bonds is 5. The highest BCUT2D eigenvalue weighted by Crippen LogP contribution is 2.22. The fourth-order valence-corrected chi connectivity index (χ4v) is 2.68. The standard InChI is InChI=1S/C15H15BrIN/c16-13-8-9-14(17)15(11-13)18-10-4-7-12-5-2-1-3-6-12/h1-3,5-6,8-9,11,18H,4,7,10H2. The van der Waals surface area contributed by atoms with Gasteiger partial charge < -0.3 is 5.32 Å². The molecule has 1 N–H and O–H groups in total. The fourth-order valence-electron chi connectivity index (χ4n) is 1.79. The van der Waals surface area contributed by atoms with Crippen LogP contribution in [0, 0.1) is 3.57 Å². The minimum absolute atomic E-state index is 1.00. The molecule has 0 unspecified atom stereocenters. The lowest BCUT2D eigenvalue weighted by molar-refractivity contribution is 0.862. The van der Waals surface area contributed by atoms with Gasteiger partial charge in [0.15, 0.2) is 0 Å². The summed E-state index contributed by atoms with van der Waals surface area (Å²) in [7, 11) is 0. The summed E-state index contributed by atoms with van der Waals surface area (Å²) < 4.78 is 2.38. The van der Waals surface area contributed by atoms with Crippen molar-refractivity contribution in [2.75, 3.05) is 11.9 Å². The number of anilines is 1. The molecule has 3 heteroatoms. The van der Waals surface area contributed by atoms with E-state index in [2.05, 4.69) is 92.4 Å². The van der Waals surface area contributed by atoms with Crippen molar-refractivity contribution in [3.8, 4) is 0 Å². The third-order valence-electron chi connectivity index (χ3n) is 2.73. The lowest BCUT2D eigenvalue weighted by Crippen LogP contribution is -2.04. The van der Waals surface area contributed by atoms with Crippen LogP contribution in [0.5, 0.6) is 0 Å². The highest BCUT2D eigenvalue weighted by atomic mass is 127. The van der Waals surface area contributed by atoms with Crippen molar-refractivity contribution < 1.29 is 0 Å². The number of halogens is 2. The van der Waals surface area contributed by atoms with Crippen molar-refractivity contribution in [1.82, 2.24) is 0 Å². The van der Waals surface area contributed by atoms with E-state index in [4.69, 9.17) is 0 Å². The van der Waals surface area contributed by atoms with E-state index in [0.29, 0.717) is 0 Å². The Balaban J connectivity index is 1.80. The van der Waals surface area contributed by atoms with Gasteiger partial charge >= 0.3 is 0 Å². The van der Waals surface area contributed by atoms with Crippen LogP contribution in [0.3, 0.4) is 0 Å². The second-order valence-corrected chi connectivity index (χ2v) is 6.22. The molecule has 0 aliphatic rings. The molecular formula is C15H15BrIN. The zero-order valence-electron chi connectivity index (χ0n) is 10.00. The second-order valence-electron chi connectivity index (χ2n) is 4.14. The Labute approximate surface area is 130 Å². The van der Waals surface area contributed by atoms with E-state index in [1.807, 2.05) is 0 Å². The van der Waals surface area contributed by atoms with E-state index in [9.17, 15) is 0 Å². The van der Waals surface area contributed by atoms with E-state index >= 15 is 0 Å². The van der Waals surface area contributed by atoms with Crippen molar-refractivity contribution in [3.63, 3.8) is 0 Å². The molecule has 2 rings (SSSR count). The lowest BCUT2D eigenvalue weighted by Gasteiger charge is -2.09. The molecule has 0 aliphatic heterocycles. The molecule has 0 saturated carbocycles. The summed E-state index contributed by atoms with van der Waals surface area (Å²) in [6.45, 7) is 1.00. The molecule has 0 aliphatic carbocycles. The summed E-state index contributed by atoms with van der Waals surface area (Å²) in [5.74, 6) is 0. The van der Waals surface area contributed by atoms with Crippen LogP contribution < -0.4 is 5.32 Å². The molecule has 0 fully saturated rings. The van der Waals surface area contributed by atoms with Crippen LogP contribution in [0.1, 0.15) is 12.0 Å². The molecule has 0 saturated heterocycles. The van der Waals surface area contributed by atoms with Gasteiger partial charge in [-0.3, -0.25) is 0 Å². The van der Waals surface area contributed by atoms with Crippen molar-refractivity contribution in [2.24, 2.45) is 0 Å². The van der Waals surface area contributed by atoms with Crippen molar-refractivity contribution >= 4 is 44.2 Å². The van der Waals surface area contributed by atoms with Gasteiger partial charge in [0.25, 0.3) is 0 Å². The van der Waals surface area contributed by atoms with Gasteiger partial charge in [0.1, 0.15) is 0 Å². The molecule has 1 nitrogen and oxygen atoms in total. The van der Waals surface area contributed by atoms with Gasteiger partial charge in [-0.15, -0.1) is 0 Å². The summed E-state index contributed by atoms with van der Waals surface area (Å²) in [5.41, 5.74) is 2.61.